The Labute approximate surface area is 245 Å². The van der Waals surface area contributed by atoms with Gasteiger partial charge in [0.1, 0.15) is 12.4 Å². The van der Waals surface area contributed by atoms with Crippen LogP contribution in [0.15, 0.2) is 33.4 Å². The fourth-order valence-electron chi connectivity index (χ4n) is 2.30. The predicted molar refractivity (Wildman–Crippen MR) is 84.3 cm³/mol. The van der Waals surface area contributed by atoms with Crippen LogP contribution < -0.4 is 118 Å². The summed E-state index contributed by atoms with van der Waals surface area (Å²) in [5.41, 5.74) is 0.805. The first kappa shape index (κ1) is 27.5. The Balaban J connectivity index is 0.000000951. The number of carbonyl (C=O) groups is 1. The molecule has 0 spiro atoms. The molecule has 10 heteroatoms. The maximum atomic E-state index is 8.33. The van der Waals surface area contributed by atoms with Crippen LogP contribution in [0, 0.1) is 0 Å². The van der Waals surface area contributed by atoms with E-state index in [1.54, 1.807) is 6.26 Å². The van der Waals surface area contributed by atoms with Gasteiger partial charge in [-0.2, -0.15) is 0 Å². The third-order valence-electron chi connectivity index (χ3n) is 3.31. The minimum absolute atomic E-state index is 0. The first-order valence-electron chi connectivity index (χ1n) is 7.47. The van der Waals surface area contributed by atoms with E-state index < -0.39 is 6.16 Å². The predicted octanol–water partition coefficient (Wildman–Crippen LogP) is -4.32. The average molecular weight is 479 g/mol. The topological polar surface area (TPSA) is 104 Å². The quantitative estimate of drug-likeness (QED) is 0.316. The molecule has 0 amide bonds. The van der Waals surface area contributed by atoms with Crippen LogP contribution in [-0.4, -0.2) is 32.3 Å². The van der Waals surface area contributed by atoms with Gasteiger partial charge >= 0.3 is 103 Å². The molecule has 3 rings (SSSR count). The Morgan fingerprint density at radius 1 is 1.19 bits per heavy atom. The van der Waals surface area contributed by atoms with Gasteiger partial charge < -0.3 is 33.6 Å². The zero-order valence-electron chi connectivity index (χ0n) is 14.9. The molecule has 1 aliphatic heterocycles. The number of carboxylic acid groups (broad SMARTS) is 2. The molecule has 1 saturated heterocycles. The van der Waals surface area contributed by atoms with E-state index in [4.69, 9.17) is 33.6 Å². The Kier molecular flexibility index (Phi) is 16.2. The number of benzene rings is 1. The summed E-state index contributed by atoms with van der Waals surface area (Å²) >= 11 is 3.45. The van der Waals surface area contributed by atoms with E-state index in [-0.39, 0.29) is 109 Å². The van der Waals surface area contributed by atoms with E-state index in [9.17, 15) is 0 Å². The van der Waals surface area contributed by atoms with Crippen LogP contribution in [-0.2, 0) is 9.47 Å². The molecule has 7 nitrogen and oxygen atoms in total. The summed E-state index contributed by atoms with van der Waals surface area (Å²) in [6, 6.07) is 5.76. The van der Waals surface area contributed by atoms with Crippen molar-refractivity contribution in [2.45, 2.75) is 25.6 Å². The Bertz CT molecular complexity index is 655. The molecule has 0 aliphatic carbocycles. The molecular formula is C16H17BrK2O7. The fourth-order valence-corrected chi connectivity index (χ4v) is 2.74. The summed E-state index contributed by atoms with van der Waals surface area (Å²) in [7, 11) is 0. The van der Waals surface area contributed by atoms with Crippen LogP contribution in [0.3, 0.4) is 0 Å². The van der Waals surface area contributed by atoms with E-state index in [0.29, 0.717) is 13.2 Å². The van der Waals surface area contributed by atoms with Crippen LogP contribution in [0.4, 0.5) is 4.79 Å². The minimum atomic E-state index is -2.33. The van der Waals surface area contributed by atoms with Gasteiger partial charge in [0.25, 0.3) is 0 Å². The summed E-state index contributed by atoms with van der Waals surface area (Å²) in [6.45, 7) is 1.83. The molecule has 0 N–H and O–H groups in total. The Morgan fingerprint density at radius 2 is 1.92 bits per heavy atom. The number of fused-ring (bicyclic) bond motifs is 1. The monoisotopic (exact) mass is 478 g/mol. The zero-order valence-corrected chi connectivity index (χ0v) is 22.7. The number of carbonyl (C=O) groups excluding carboxylic acids is 1. The Morgan fingerprint density at radius 3 is 2.58 bits per heavy atom. The molecule has 26 heavy (non-hydrogen) atoms. The van der Waals surface area contributed by atoms with Crippen LogP contribution in [0.1, 0.15) is 19.3 Å². The van der Waals surface area contributed by atoms with Crippen molar-refractivity contribution < 1.29 is 136 Å². The summed E-state index contributed by atoms with van der Waals surface area (Å²) < 4.78 is 23.2. The van der Waals surface area contributed by atoms with Gasteiger partial charge in [0.2, 0.25) is 0 Å². The molecule has 1 unspecified atom stereocenters. The van der Waals surface area contributed by atoms with Gasteiger partial charge in [-0.3, -0.25) is 0 Å². The van der Waals surface area contributed by atoms with Gasteiger partial charge in [0.05, 0.1) is 22.7 Å². The van der Waals surface area contributed by atoms with Crippen molar-refractivity contribution in [1.82, 2.24) is 0 Å². The normalized spacial score (nSPS) is 15.8. The second-order valence-electron chi connectivity index (χ2n) is 4.97. The summed E-state index contributed by atoms with van der Waals surface area (Å²) in [4.78, 5) is 8.33. The number of rotatable bonds is 5. The van der Waals surface area contributed by atoms with Crippen molar-refractivity contribution in [3.63, 3.8) is 0 Å². The van der Waals surface area contributed by atoms with Crippen molar-refractivity contribution in [2.75, 3.05) is 19.8 Å². The smallest absolute Gasteiger partial charge is 0.652 e. The van der Waals surface area contributed by atoms with Gasteiger partial charge in [-0.05, 0) is 59.5 Å². The molecule has 1 aromatic heterocycles. The van der Waals surface area contributed by atoms with Crippen molar-refractivity contribution in [2.24, 2.45) is 0 Å². The van der Waals surface area contributed by atoms with Gasteiger partial charge in [-0.25, -0.2) is 0 Å². The summed E-state index contributed by atoms with van der Waals surface area (Å²) in [5.74, 6) is 0.810. The van der Waals surface area contributed by atoms with Crippen LogP contribution in [0.5, 0.6) is 5.75 Å². The summed E-state index contributed by atoms with van der Waals surface area (Å²) in [5, 5.41) is 17.6. The first-order chi connectivity index (χ1) is 11.6. The third kappa shape index (κ3) is 9.81. The number of halogens is 1. The van der Waals surface area contributed by atoms with Gasteiger partial charge in [-0.1, -0.05) is 0 Å². The van der Waals surface area contributed by atoms with Crippen molar-refractivity contribution in [3.05, 3.63) is 28.9 Å². The third-order valence-corrected chi connectivity index (χ3v) is 3.94. The maximum Gasteiger partial charge on any atom is 1.00 e. The van der Waals surface area contributed by atoms with E-state index >= 15 is 0 Å². The second-order valence-corrected chi connectivity index (χ2v) is 5.83. The molecule has 0 saturated carbocycles. The van der Waals surface area contributed by atoms with Gasteiger partial charge in [0.15, 0.2) is 11.9 Å². The molecule has 2 aromatic rings. The molecule has 1 aromatic carbocycles. The minimum Gasteiger partial charge on any atom is -0.652 e. The van der Waals surface area contributed by atoms with Crippen LogP contribution in [0.2, 0.25) is 0 Å². The van der Waals surface area contributed by atoms with E-state index in [2.05, 4.69) is 15.9 Å². The van der Waals surface area contributed by atoms with E-state index in [1.165, 1.54) is 6.42 Å². The maximum absolute atomic E-state index is 8.33. The van der Waals surface area contributed by atoms with Crippen molar-refractivity contribution in [3.8, 4) is 5.75 Å². The SMILES string of the molecule is Brc1ccc(OCCOC2CCCCO2)c2ccoc12.O=C([O-])[O-].[K+].[K+]. The molecule has 0 radical (unpaired) electrons. The molecule has 1 fully saturated rings. The number of ether oxygens (including phenoxy) is 3. The molecule has 1 aliphatic rings. The molecule has 0 bridgehead atoms. The Hall–Kier alpha value is 1.50. The molecule has 132 valence electrons. The van der Waals surface area contributed by atoms with Crippen molar-refractivity contribution in [1.29, 1.82) is 0 Å². The van der Waals surface area contributed by atoms with Gasteiger partial charge in [-0.15, -0.1) is 0 Å². The first-order valence-corrected chi connectivity index (χ1v) is 8.27. The number of hydrogen-bond acceptors (Lipinski definition) is 7. The molecular weight excluding hydrogens is 462 g/mol. The standard InChI is InChI=1S/C15H17BrO4.CH2O3.2K/c16-12-4-5-13(11-6-8-20-15(11)12)17-9-10-19-14-3-1-2-7-18-14;2-1(3)4;;/h4-6,8,14H,1-3,7,9-10H2;(H2,2,3,4);;/q;;2*+1/p-2. The fraction of sp³-hybridized carbons (Fsp3) is 0.438. The van der Waals surface area contributed by atoms with E-state index in [0.717, 1.165) is 40.6 Å². The molecule has 2 heterocycles. The summed E-state index contributed by atoms with van der Waals surface area (Å²) in [6.07, 6.45) is 2.55. The van der Waals surface area contributed by atoms with E-state index in [1.807, 2.05) is 18.2 Å². The number of furan rings is 1. The molecule has 1 atom stereocenters. The largest absolute Gasteiger partial charge is 1.00 e. The zero-order chi connectivity index (χ0) is 17.4. The average Bonchev–Trinajstić information content (AvgIpc) is 3.05. The number of hydrogen-bond donors (Lipinski definition) is 0. The van der Waals surface area contributed by atoms with Crippen molar-refractivity contribution >= 4 is 33.1 Å². The van der Waals surface area contributed by atoms with Crippen LogP contribution in [0.25, 0.3) is 11.0 Å². The second kappa shape index (κ2) is 15.4. The van der Waals surface area contributed by atoms with Gasteiger partial charge in [0, 0.05) is 6.61 Å². The van der Waals surface area contributed by atoms with Crippen LogP contribution >= 0.6 is 15.9 Å².